The van der Waals surface area contributed by atoms with Crippen LogP contribution in [-0.4, -0.2) is 18.0 Å². The Morgan fingerprint density at radius 3 is 1.86 bits per heavy atom. The van der Waals surface area contributed by atoms with Gasteiger partial charge in [-0.2, -0.15) is 26.3 Å². The standard InChI is InChI=1S/C21H28F6O/c1-13-3-6-15(7-4-13)16-8-10-17(11-9-16)21(26,27)28-18-12-5-14(2)19(22,23)20(18,24)25/h5,12-13,15-17H,3-4,6-11H2,1-2H3. The maximum Gasteiger partial charge on any atom is 0.400 e. The van der Waals surface area contributed by atoms with Gasteiger partial charge in [0.25, 0.3) is 0 Å². The van der Waals surface area contributed by atoms with Crippen LogP contribution < -0.4 is 0 Å². The quantitative estimate of drug-likeness (QED) is 0.441. The van der Waals surface area contributed by atoms with E-state index in [9.17, 15) is 26.3 Å². The van der Waals surface area contributed by atoms with E-state index in [1.165, 1.54) is 0 Å². The molecule has 0 radical (unpaired) electrons. The van der Waals surface area contributed by atoms with E-state index < -0.39 is 35.2 Å². The molecule has 3 rings (SSSR count). The summed E-state index contributed by atoms with van der Waals surface area (Å²) in [5.74, 6) is -10.6. The molecule has 0 aromatic heterocycles. The Morgan fingerprint density at radius 2 is 1.32 bits per heavy atom. The van der Waals surface area contributed by atoms with Crippen molar-refractivity contribution in [3.63, 3.8) is 0 Å². The van der Waals surface area contributed by atoms with Gasteiger partial charge >= 0.3 is 18.0 Å². The Kier molecular flexibility index (Phi) is 5.85. The van der Waals surface area contributed by atoms with Crippen molar-refractivity contribution >= 4 is 0 Å². The molecule has 1 nitrogen and oxygen atoms in total. The van der Waals surface area contributed by atoms with Crippen LogP contribution >= 0.6 is 0 Å². The van der Waals surface area contributed by atoms with E-state index in [2.05, 4.69) is 11.7 Å². The molecular weight excluding hydrogens is 382 g/mol. The van der Waals surface area contributed by atoms with Crippen LogP contribution in [0.15, 0.2) is 23.5 Å². The molecule has 160 valence electrons. The average molecular weight is 410 g/mol. The molecule has 0 saturated heterocycles. The topological polar surface area (TPSA) is 9.23 Å². The zero-order valence-electron chi connectivity index (χ0n) is 16.3. The molecule has 0 atom stereocenters. The maximum atomic E-state index is 14.5. The molecule has 0 amide bonds. The van der Waals surface area contributed by atoms with Crippen molar-refractivity contribution in [2.75, 3.05) is 0 Å². The van der Waals surface area contributed by atoms with Crippen LogP contribution in [0.3, 0.4) is 0 Å². The molecule has 3 aliphatic rings. The summed E-state index contributed by atoms with van der Waals surface area (Å²) < 4.78 is 88.9. The predicted octanol–water partition coefficient (Wildman–Crippen LogP) is 7.34. The van der Waals surface area contributed by atoms with Gasteiger partial charge in [-0.15, -0.1) is 0 Å². The molecule has 0 bridgehead atoms. The highest BCUT2D eigenvalue weighted by molar-refractivity contribution is 5.34. The van der Waals surface area contributed by atoms with E-state index in [4.69, 9.17) is 0 Å². The van der Waals surface area contributed by atoms with E-state index in [1.54, 1.807) is 0 Å². The van der Waals surface area contributed by atoms with Gasteiger partial charge in [-0.25, -0.2) is 0 Å². The highest BCUT2D eigenvalue weighted by Gasteiger charge is 2.64. The molecule has 0 spiro atoms. The normalized spacial score (nSPS) is 35.7. The maximum absolute atomic E-state index is 14.5. The van der Waals surface area contributed by atoms with E-state index in [0.717, 1.165) is 32.6 Å². The van der Waals surface area contributed by atoms with Crippen LogP contribution in [0.4, 0.5) is 26.3 Å². The number of ether oxygens (including phenoxy) is 1. The third-order valence-electron chi connectivity index (χ3n) is 6.90. The number of alkyl halides is 6. The van der Waals surface area contributed by atoms with Gasteiger partial charge in [0.2, 0.25) is 0 Å². The fraction of sp³-hybridized carbons (Fsp3) is 0.810. The van der Waals surface area contributed by atoms with Crippen molar-refractivity contribution in [1.82, 2.24) is 0 Å². The number of hydrogen-bond acceptors (Lipinski definition) is 1. The summed E-state index contributed by atoms with van der Waals surface area (Å²) >= 11 is 0. The molecule has 2 saturated carbocycles. The zero-order chi connectivity index (χ0) is 20.7. The smallest absolute Gasteiger partial charge is 0.400 e. The van der Waals surface area contributed by atoms with Crippen LogP contribution in [-0.2, 0) is 4.74 Å². The minimum absolute atomic E-state index is 0.161. The first kappa shape index (κ1) is 21.6. The van der Waals surface area contributed by atoms with Crippen LogP contribution in [0.25, 0.3) is 0 Å². The van der Waals surface area contributed by atoms with Gasteiger partial charge in [-0.05, 0) is 69.3 Å². The predicted molar refractivity (Wildman–Crippen MR) is 94.3 cm³/mol. The minimum atomic E-state index is -4.79. The van der Waals surface area contributed by atoms with Crippen molar-refractivity contribution in [3.05, 3.63) is 23.5 Å². The summed E-state index contributed by atoms with van der Waals surface area (Å²) in [7, 11) is 0. The Balaban J connectivity index is 1.61. The number of hydrogen-bond donors (Lipinski definition) is 0. The van der Waals surface area contributed by atoms with Crippen LogP contribution in [0.2, 0.25) is 0 Å². The fourth-order valence-corrected chi connectivity index (χ4v) is 4.82. The third kappa shape index (κ3) is 3.95. The third-order valence-corrected chi connectivity index (χ3v) is 6.90. The summed E-state index contributed by atoms with van der Waals surface area (Å²) in [6.07, 6.45) is 3.44. The highest BCUT2D eigenvalue weighted by Crippen LogP contribution is 2.51. The van der Waals surface area contributed by atoms with E-state index in [-0.39, 0.29) is 12.8 Å². The molecule has 0 unspecified atom stereocenters. The van der Waals surface area contributed by atoms with Crippen molar-refractivity contribution in [2.45, 2.75) is 83.2 Å². The SMILES string of the molecule is CC1=CC=C(OC(F)(F)C2CCC(C3CCC(C)CC3)CC2)C(F)(F)C1(F)F. The van der Waals surface area contributed by atoms with Crippen molar-refractivity contribution in [2.24, 2.45) is 23.7 Å². The number of halogens is 6. The lowest BCUT2D eigenvalue weighted by Gasteiger charge is -2.40. The molecule has 0 aromatic carbocycles. The lowest BCUT2D eigenvalue weighted by molar-refractivity contribution is -0.287. The van der Waals surface area contributed by atoms with Crippen molar-refractivity contribution in [3.8, 4) is 0 Å². The molecule has 3 aliphatic carbocycles. The lowest BCUT2D eigenvalue weighted by atomic mass is 9.69. The lowest BCUT2D eigenvalue weighted by Crippen LogP contribution is -2.48. The molecule has 2 fully saturated rings. The molecule has 0 aliphatic heterocycles. The Hall–Kier alpha value is -1.14. The second kappa shape index (κ2) is 7.60. The second-order valence-electron chi connectivity index (χ2n) is 8.82. The van der Waals surface area contributed by atoms with Gasteiger partial charge in [0.05, 0.1) is 5.92 Å². The van der Waals surface area contributed by atoms with Crippen LogP contribution in [0.5, 0.6) is 0 Å². The van der Waals surface area contributed by atoms with Crippen molar-refractivity contribution < 1.29 is 31.1 Å². The number of allylic oxidation sites excluding steroid dienone is 4. The Labute approximate surface area is 162 Å². The zero-order valence-corrected chi connectivity index (χ0v) is 16.3. The van der Waals surface area contributed by atoms with Crippen molar-refractivity contribution in [1.29, 1.82) is 0 Å². The molecule has 28 heavy (non-hydrogen) atoms. The average Bonchev–Trinajstić information content (AvgIpc) is 2.64. The summed E-state index contributed by atoms with van der Waals surface area (Å²) in [6.45, 7) is 3.06. The second-order valence-corrected chi connectivity index (χ2v) is 8.82. The first-order valence-corrected chi connectivity index (χ1v) is 10.2. The Morgan fingerprint density at radius 1 is 0.821 bits per heavy atom. The van der Waals surface area contributed by atoms with Gasteiger partial charge in [-0.3, -0.25) is 0 Å². The summed E-state index contributed by atoms with van der Waals surface area (Å²) in [6, 6.07) is 0. The summed E-state index contributed by atoms with van der Waals surface area (Å²) in [4.78, 5) is 0. The van der Waals surface area contributed by atoms with Crippen LogP contribution in [0.1, 0.15) is 65.2 Å². The Bertz CT molecular complexity index is 623. The van der Waals surface area contributed by atoms with E-state index in [0.29, 0.717) is 42.7 Å². The van der Waals surface area contributed by atoms with Gasteiger partial charge in [-0.1, -0.05) is 25.8 Å². The summed E-state index contributed by atoms with van der Waals surface area (Å²) in [5.41, 5.74) is -0.879. The van der Waals surface area contributed by atoms with Gasteiger partial charge in [0, 0.05) is 5.57 Å². The molecule has 0 heterocycles. The highest BCUT2D eigenvalue weighted by atomic mass is 19.3. The first-order valence-electron chi connectivity index (χ1n) is 10.2. The molecule has 0 N–H and O–H groups in total. The molecule has 7 heteroatoms. The summed E-state index contributed by atoms with van der Waals surface area (Å²) in [5, 5.41) is 0. The first-order chi connectivity index (χ1) is 12.9. The fourth-order valence-electron chi connectivity index (χ4n) is 4.82. The van der Waals surface area contributed by atoms with Gasteiger partial charge in [0.1, 0.15) is 0 Å². The number of rotatable bonds is 4. The molecule has 0 aromatic rings. The monoisotopic (exact) mass is 410 g/mol. The van der Waals surface area contributed by atoms with Crippen LogP contribution in [0, 0.1) is 23.7 Å². The van der Waals surface area contributed by atoms with Gasteiger partial charge in [0.15, 0.2) is 5.76 Å². The largest absolute Gasteiger partial charge is 0.430 e. The minimum Gasteiger partial charge on any atom is -0.430 e. The van der Waals surface area contributed by atoms with E-state index in [1.807, 2.05) is 0 Å². The van der Waals surface area contributed by atoms with E-state index >= 15 is 0 Å². The van der Waals surface area contributed by atoms with Gasteiger partial charge < -0.3 is 4.74 Å². The molecular formula is C21H28F6O.